The van der Waals surface area contributed by atoms with E-state index in [-0.39, 0.29) is 11.4 Å². The molecule has 0 aliphatic rings. The van der Waals surface area contributed by atoms with Crippen molar-refractivity contribution in [3.05, 3.63) is 53.2 Å². The molecular weight excluding hydrogens is 261 g/mol. The van der Waals surface area contributed by atoms with Crippen molar-refractivity contribution >= 4 is 11.8 Å². The number of pyridine rings is 2. The summed E-state index contributed by atoms with van der Waals surface area (Å²) in [6.45, 7) is 2.21. The van der Waals surface area contributed by atoms with Gasteiger partial charge in [0, 0.05) is 18.9 Å². The van der Waals surface area contributed by atoms with E-state index in [0.29, 0.717) is 6.54 Å². The van der Waals surface area contributed by atoms with E-state index in [1.807, 2.05) is 25.1 Å². The van der Waals surface area contributed by atoms with E-state index < -0.39 is 11.8 Å². The van der Waals surface area contributed by atoms with Gasteiger partial charge in [-0.3, -0.25) is 4.98 Å². The van der Waals surface area contributed by atoms with Crippen LogP contribution in [0.15, 0.2) is 30.5 Å². The SMILES string of the molecule is Cc1cccc(CN(C)c2nccc(C(=O)O)c2F)n1. The van der Waals surface area contributed by atoms with E-state index in [1.165, 1.54) is 11.1 Å². The molecule has 0 atom stereocenters. The van der Waals surface area contributed by atoms with Crippen LogP contribution in [0.3, 0.4) is 0 Å². The lowest BCUT2D eigenvalue weighted by molar-refractivity contribution is 0.0692. The largest absolute Gasteiger partial charge is 0.478 e. The smallest absolute Gasteiger partial charge is 0.338 e. The van der Waals surface area contributed by atoms with Crippen molar-refractivity contribution in [3.8, 4) is 0 Å². The molecule has 0 aliphatic heterocycles. The number of aromatic nitrogens is 2. The molecule has 0 saturated carbocycles. The van der Waals surface area contributed by atoms with Gasteiger partial charge in [0.2, 0.25) is 0 Å². The monoisotopic (exact) mass is 275 g/mol. The molecule has 0 saturated heterocycles. The van der Waals surface area contributed by atoms with Gasteiger partial charge in [0.15, 0.2) is 11.6 Å². The van der Waals surface area contributed by atoms with Crippen LogP contribution in [0.1, 0.15) is 21.7 Å². The first-order valence-corrected chi connectivity index (χ1v) is 6.00. The second-order valence-corrected chi connectivity index (χ2v) is 4.43. The molecule has 0 bridgehead atoms. The topological polar surface area (TPSA) is 66.3 Å². The lowest BCUT2D eigenvalue weighted by atomic mass is 10.2. The minimum atomic E-state index is -1.31. The van der Waals surface area contributed by atoms with E-state index in [2.05, 4.69) is 9.97 Å². The summed E-state index contributed by atoms with van der Waals surface area (Å²) in [4.78, 5) is 20.6. The molecule has 5 nitrogen and oxygen atoms in total. The first-order chi connectivity index (χ1) is 9.49. The van der Waals surface area contributed by atoms with E-state index in [0.717, 1.165) is 17.5 Å². The van der Waals surface area contributed by atoms with Crippen LogP contribution >= 0.6 is 0 Å². The molecule has 0 unspecified atom stereocenters. The minimum absolute atomic E-state index is 0.00629. The Morgan fingerprint density at radius 2 is 2.15 bits per heavy atom. The fraction of sp³-hybridized carbons (Fsp3) is 0.214. The first-order valence-electron chi connectivity index (χ1n) is 6.00. The Kier molecular flexibility index (Phi) is 3.93. The van der Waals surface area contributed by atoms with Crippen LogP contribution in [-0.2, 0) is 6.54 Å². The maximum atomic E-state index is 14.1. The van der Waals surface area contributed by atoms with Gasteiger partial charge < -0.3 is 10.0 Å². The van der Waals surface area contributed by atoms with Crippen molar-refractivity contribution in [2.45, 2.75) is 13.5 Å². The quantitative estimate of drug-likeness (QED) is 0.927. The summed E-state index contributed by atoms with van der Waals surface area (Å²) in [5.41, 5.74) is 1.23. The zero-order chi connectivity index (χ0) is 14.7. The molecular formula is C14H14FN3O2. The van der Waals surface area contributed by atoms with Crippen molar-refractivity contribution in [1.29, 1.82) is 0 Å². The lowest BCUT2D eigenvalue weighted by Gasteiger charge is -2.19. The molecule has 0 fully saturated rings. The number of rotatable bonds is 4. The predicted octanol–water partition coefficient (Wildman–Crippen LogP) is 2.26. The van der Waals surface area contributed by atoms with E-state index in [9.17, 15) is 9.18 Å². The maximum absolute atomic E-state index is 14.1. The Balaban J connectivity index is 2.28. The standard InChI is InChI=1S/C14H14FN3O2/c1-9-4-3-5-10(17-9)8-18(2)13-12(15)11(14(19)20)6-7-16-13/h3-7H,8H2,1-2H3,(H,19,20). The van der Waals surface area contributed by atoms with Crippen molar-refractivity contribution in [1.82, 2.24) is 9.97 Å². The zero-order valence-corrected chi connectivity index (χ0v) is 11.2. The third-order valence-corrected chi connectivity index (χ3v) is 2.81. The molecule has 1 N–H and O–H groups in total. The van der Waals surface area contributed by atoms with Crippen molar-refractivity contribution in [3.63, 3.8) is 0 Å². The number of carboxylic acid groups (broad SMARTS) is 1. The third kappa shape index (κ3) is 2.90. The van der Waals surface area contributed by atoms with Gasteiger partial charge in [0.1, 0.15) is 5.56 Å². The number of nitrogens with zero attached hydrogens (tertiary/aromatic N) is 3. The molecule has 2 rings (SSSR count). The molecule has 0 aromatic carbocycles. The Hall–Kier alpha value is -2.50. The number of carbonyl (C=O) groups is 1. The predicted molar refractivity (Wildman–Crippen MR) is 72.2 cm³/mol. The normalized spacial score (nSPS) is 10.3. The highest BCUT2D eigenvalue weighted by atomic mass is 19.1. The minimum Gasteiger partial charge on any atom is -0.478 e. The first kappa shape index (κ1) is 13.9. The molecule has 0 radical (unpaired) electrons. The molecule has 0 spiro atoms. The van der Waals surface area contributed by atoms with E-state index in [4.69, 9.17) is 5.11 Å². The molecule has 2 aromatic rings. The van der Waals surface area contributed by atoms with Crippen LogP contribution in [0, 0.1) is 12.7 Å². The van der Waals surface area contributed by atoms with Crippen LogP contribution in [0.4, 0.5) is 10.2 Å². The fourth-order valence-electron chi connectivity index (χ4n) is 1.87. The summed E-state index contributed by atoms with van der Waals surface area (Å²) in [6.07, 6.45) is 1.28. The van der Waals surface area contributed by atoms with Crippen LogP contribution in [0.2, 0.25) is 0 Å². The van der Waals surface area contributed by atoms with Crippen LogP contribution < -0.4 is 4.90 Å². The summed E-state index contributed by atoms with van der Waals surface area (Å²) in [5.74, 6) is -2.16. The highest BCUT2D eigenvalue weighted by Crippen LogP contribution is 2.19. The van der Waals surface area contributed by atoms with Gasteiger partial charge in [0.25, 0.3) is 0 Å². The van der Waals surface area contributed by atoms with Gasteiger partial charge in [-0.15, -0.1) is 0 Å². The molecule has 104 valence electrons. The number of aromatic carboxylic acids is 1. The molecule has 6 heteroatoms. The zero-order valence-electron chi connectivity index (χ0n) is 11.2. The van der Waals surface area contributed by atoms with Gasteiger partial charge in [-0.2, -0.15) is 0 Å². The van der Waals surface area contributed by atoms with Gasteiger partial charge in [-0.1, -0.05) is 6.07 Å². The van der Waals surface area contributed by atoms with Gasteiger partial charge in [-0.05, 0) is 25.1 Å². The fourth-order valence-corrected chi connectivity index (χ4v) is 1.87. The van der Waals surface area contributed by atoms with Gasteiger partial charge >= 0.3 is 5.97 Å². The summed E-state index contributed by atoms with van der Waals surface area (Å²) in [6, 6.07) is 6.69. The molecule has 0 amide bonds. The maximum Gasteiger partial charge on any atom is 0.338 e. The van der Waals surface area contributed by atoms with Gasteiger partial charge in [-0.25, -0.2) is 14.2 Å². The Morgan fingerprint density at radius 3 is 2.80 bits per heavy atom. The van der Waals surface area contributed by atoms with Crippen molar-refractivity contribution < 1.29 is 14.3 Å². The lowest BCUT2D eigenvalue weighted by Crippen LogP contribution is -2.21. The molecule has 2 aromatic heterocycles. The number of hydrogen-bond donors (Lipinski definition) is 1. The summed E-state index contributed by atoms with van der Waals surface area (Å²) >= 11 is 0. The number of anilines is 1. The highest BCUT2D eigenvalue weighted by Gasteiger charge is 2.18. The van der Waals surface area contributed by atoms with Gasteiger partial charge in [0.05, 0.1) is 12.2 Å². The van der Waals surface area contributed by atoms with Crippen LogP contribution in [0.5, 0.6) is 0 Å². The average Bonchev–Trinajstić information content (AvgIpc) is 2.38. The van der Waals surface area contributed by atoms with Crippen molar-refractivity contribution in [2.75, 3.05) is 11.9 Å². The molecule has 20 heavy (non-hydrogen) atoms. The average molecular weight is 275 g/mol. The summed E-state index contributed by atoms with van der Waals surface area (Å²) in [5, 5.41) is 8.90. The highest BCUT2D eigenvalue weighted by molar-refractivity contribution is 5.88. The van der Waals surface area contributed by atoms with Crippen LogP contribution in [0.25, 0.3) is 0 Å². The van der Waals surface area contributed by atoms with Crippen LogP contribution in [-0.4, -0.2) is 28.1 Å². The molecule has 2 heterocycles. The molecule has 0 aliphatic carbocycles. The number of halogens is 1. The van der Waals surface area contributed by atoms with E-state index >= 15 is 0 Å². The summed E-state index contributed by atoms with van der Waals surface area (Å²) < 4.78 is 14.1. The Bertz CT molecular complexity index is 646. The third-order valence-electron chi connectivity index (χ3n) is 2.81. The van der Waals surface area contributed by atoms with E-state index in [1.54, 1.807) is 7.05 Å². The number of hydrogen-bond acceptors (Lipinski definition) is 4. The Morgan fingerprint density at radius 1 is 1.40 bits per heavy atom. The summed E-state index contributed by atoms with van der Waals surface area (Å²) in [7, 11) is 1.64. The number of carboxylic acids is 1. The number of aryl methyl sites for hydroxylation is 1. The Labute approximate surface area is 115 Å². The van der Waals surface area contributed by atoms with Crippen molar-refractivity contribution in [2.24, 2.45) is 0 Å². The second kappa shape index (κ2) is 5.64. The second-order valence-electron chi connectivity index (χ2n) is 4.43.